The van der Waals surface area contributed by atoms with E-state index in [1.807, 2.05) is 27.7 Å². The molecule has 5 rings (SSSR count). The van der Waals surface area contributed by atoms with Gasteiger partial charge < -0.3 is 19.4 Å². The topological polar surface area (TPSA) is 61.8 Å². The fraction of sp³-hybridized carbons (Fsp3) is 0.483. The molecule has 36 heavy (non-hydrogen) atoms. The number of carbonyl (C=O) groups excluding carboxylic acids is 1. The third-order valence-electron chi connectivity index (χ3n) is 7.04. The molecule has 2 aliphatic rings. The van der Waals surface area contributed by atoms with Crippen molar-refractivity contribution in [3.8, 4) is 0 Å². The van der Waals surface area contributed by atoms with E-state index in [0.717, 1.165) is 56.4 Å². The highest BCUT2D eigenvalue weighted by atomic mass is 16.6. The number of nitrogens with zero attached hydrogens (tertiary/aromatic N) is 5. The van der Waals surface area contributed by atoms with Gasteiger partial charge in [-0.15, -0.1) is 0 Å². The van der Waals surface area contributed by atoms with Gasteiger partial charge in [-0.2, -0.15) is 0 Å². The van der Waals surface area contributed by atoms with Crippen molar-refractivity contribution in [3.05, 3.63) is 59.0 Å². The molecule has 1 aromatic heterocycles. The van der Waals surface area contributed by atoms with E-state index in [2.05, 4.69) is 53.1 Å². The third kappa shape index (κ3) is 4.97. The molecule has 2 aliphatic heterocycles. The van der Waals surface area contributed by atoms with Gasteiger partial charge in [0.1, 0.15) is 17.2 Å². The van der Waals surface area contributed by atoms with Crippen molar-refractivity contribution >= 4 is 28.4 Å². The van der Waals surface area contributed by atoms with E-state index < -0.39 is 5.60 Å². The monoisotopic (exact) mass is 487 g/mol. The van der Waals surface area contributed by atoms with Gasteiger partial charge in [0, 0.05) is 49.4 Å². The van der Waals surface area contributed by atoms with E-state index in [9.17, 15) is 4.79 Å². The smallest absolute Gasteiger partial charge is 0.410 e. The predicted molar refractivity (Wildman–Crippen MR) is 145 cm³/mol. The number of piperazine rings is 1. The van der Waals surface area contributed by atoms with Gasteiger partial charge in [0.15, 0.2) is 0 Å². The van der Waals surface area contributed by atoms with Gasteiger partial charge >= 0.3 is 6.09 Å². The molecule has 3 heterocycles. The van der Waals surface area contributed by atoms with Crippen LogP contribution >= 0.6 is 0 Å². The summed E-state index contributed by atoms with van der Waals surface area (Å²) in [5, 5.41) is 2.60. The molecule has 1 saturated heterocycles. The number of carbonyl (C=O) groups is 1. The largest absolute Gasteiger partial charge is 0.444 e. The molecule has 3 aromatic rings. The SMILES string of the molecule is Cc1nc2c(c(N3CCN(C(=O)OC(C)(C)C)CC3)n1)CCCN(c1cccc3cccc(C)c13)C2. The van der Waals surface area contributed by atoms with Gasteiger partial charge in [0.25, 0.3) is 0 Å². The van der Waals surface area contributed by atoms with Crippen LogP contribution in [0, 0.1) is 13.8 Å². The number of hydrogen-bond donors (Lipinski definition) is 0. The molecule has 0 unspecified atom stereocenters. The molecule has 7 nitrogen and oxygen atoms in total. The van der Waals surface area contributed by atoms with E-state index in [4.69, 9.17) is 14.7 Å². The maximum Gasteiger partial charge on any atom is 0.410 e. The third-order valence-corrected chi connectivity index (χ3v) is 7.04. The van der Waals surface area contributed by atoms with Gasteiger partial charge in [-0.3, -0.25) is 0 Å². The number of benzene rings is 2. The fourth-order valence-electron chi connectivity index (χ4n) is 5.39. The number of amides is 1. The van der Waals surface area contributed by atoms with Crippen LogP contribution in [-0.4, -0.2) is 59.3 Å². The summed E-state index contributed by atoms with van der Waals surface area (Å²) in [6.45, 7) is 14.4. The molecule has 1 amide bonds. The van der Waals surface area contributed by atoms with Crippen molar-refractivity contribution in [2.45, 2.75) is 59.6 Å². The minimum Gasteiger partial charge on any atom is -0.444 e. The van der Waals surface area contributed by atoms with Gasteiger partial charge in [-0.05, 0) is 64.5 Å². The van der Waals surface area contributed by atoms with E-state index in [1.165, 1.54) is 27.6 Å². The zero-order valence-corrected chi connectivity index (χ0v) is 22.2. The second-order valence-electron chi connectivity index (χ2n) is 10.9. The van der Waals surface area contributed by atoms with Gasteiger partial charge in [-0.1, -0.05) is 30.3 Å². The first-order valence-electron chi connectivity index (χ1n) is 13.0. The highest BCUT2D eigenvalue weighted by molar-refractivity contribution is 5.96. The van der Waals surface area contributed by atoms with Crippen LogP contribution in [0.15, 0.2) is 36.4 Å². The van der Waals surface area contributed by atoms with Crippen molar-refractivity contribution in [1.29, 1.82) is 0 Å². The number of anilines is 2. The van der Waals surface area contributed by atoms with Crippen LogP contribution in [0.4, 0.5) is 16.3 Å². The lowest BCUT2D eigenvalue weighted by Gasteiger charge is -2.37. The maximum atomic E-state index is 12.5. The number of hydrogen-bond acceptors (Lipinski definition) is 6. The lowest BCUT2D eigenvalue weighted by molar-refractivity contribution is 0.0240. The molecule has 0 bridgehead atoms. The molecule has 0 N–H and O–H groups in total. The van der Waals surface area contributed by atoms with Crippen molar-refractivity contribution < 1.29 is 9.53 Å². The number of fused-ring (bicyclic) bond motifs is 2. The molecule has 0 spiro atoms. The normalized spacial score (nSPS) is 16.6. The highest BCUT2D eigenvalue weighted by Gasteiger charge is 2.29. The lowest BCUT2D eigenvalue weighted by atomic mass is 10.0. The van der Waals surface area contributed by atoms with Crippen molar-refractivity contribution in [2.75, 3.05) is 42.5 Å². The van der Waals surface area contributed by atoms with E-state index in [-0.39, 0.29) is 6.09 Å². The Labute approximate surface area is 214 Å². The van der Waals surface area contributed by atoms with Crippen LogP contribution in [0.5, 0.6) is 0 Å². The average Bonchev–Trinajstić information content (AvgIpc) is 3.05. The quantitative estimate of drug-likeness (QED) is 0.492. The number of ether oxygens (including phenoxy) is 1. The lowest BCUT2D eigenvalue weighted by Crippen LogP contribution is -2.50. The van der Waals surface area contributed by atoms with Crippen molar-refractivity contribution in [2.24, 2.45) is 0 Å². The molecule has 1 fully saturated rings. The Hall–Kier alpha value is -3.35. The summed E-state index contributed by atoms with van der Waals surface area (Å²) in [5.41, 5.74) is 4.47. The van der Waals surface area contributed by atoms with Crippen molar-refractivity contribution in [1.82, 2.24) is 14.9 Å². The van der Waals surface area contributed by atoms with Crippen molar-refractivity contribution in [3.63, 3.8) is 0 Å². The number of aromatic nitrogens is 2. The average molecular weight is 488 g/mol. The summed E-state index contributed by atoms with van der Waals surface area (Å²) in [6, 6.07) is 13.1. The molecule has 0 atom stereocenters. The Balaban J connectivity index is 1.40. The summed E-state index contributed by atoms with van der Waals surface area (Å²) in [4.78, 5) is 29.0. The fourth-order valence-corrected chi connectivity index (χ4v) is 5.39. The van der Waals surface area contributed by atoms with Crippen LogP contribution in [-0.2, 0) is 17.7 Å². The first-order chi connectivity index (χ1) is 17.2. The Morgan fingerprint density at radius 2 is 1.64 bits per heavy atom. The van der Waals surface area contributed by atoms with Gasteiger partial charge in [-0.25, -0.2) is 14.8 Å². The van der Waals surface area contributed by atoms with Crippen LogP contribution in [0.2, 0.25) is 0 Å². The van der Waals surface area contributed by atoms with Crippen LogP contribution in [0.25, 0.3) is 10.8 Å². The number of rotatable bonds is 2. The Kier molecular flexibility index (Phi) is 6.49. The first-order valence-corrected chi connectivity index (χ1v) is 13.0. The summed E-state index contributed by atoms with van der Waals surface area (Å²) >= 11 is 0. The second-order valence-corrected chi connectivity index (χ2v) is 10.9. The molecule has 0 radical (unpaired) electrons. The Morgan fingerprint density at radius 1 is 0.917 bits per heavy atom. The Bertz CT molecular complexity index is 1270. The van der Waals surface area contributed by atoms with E-state index in [1.54, 1.807) is 4.90 Å². The molecule has 0 aliphatic carbocycles. The summed E-state index contributed by atoms with van der Waals surface area (Å²) < 4.78 is 5.57. The van der Waals surface area contributed by atoms with E-state index >= 15 is 0 Å². The minimum atomic E-state index is -0.482. The maximum absolute atomic E-state index is 12.5. The number of aryl methyl sites for hydroxylation is 2. The van der Waals surface area contributed by atoms with Gasteiger partial charge in [0.05, 0.1) is 12.2 Å². The summed E-state index contributed by atoms with van der Waals surface area (Å²) in [7, 11) is 0. The molecule has 190 valence electrons. The van der Waals surface area contributed by atoms with Crippen LogP contribution in [0.3, 0.4) is 0 Å². The molecular weight excluding hydrogens is 450 g/mol. The highest BCUT2D eigenvalue weighted by Crippen LogP contribution is 2.34. The zero-order valence-electron chi connectivity index (χ0n) is 22.2. The summed E-state index contributed by atoms with van der Waals surface area (Å²) in [6.07, 6.45) is 1.77. The Morgan fingerprint density at radius 3 is 2.36 bits per heavy atom. The first kappa shape index (κ1) is 24.3. The van der Waals surface area contributed by atoms with Crippen LogP contribution in [0.1, 0.15) is 49.8 Å². The molecular formula is C29H37N5O2. The van der Waals surface area contributed by atoms with E-state index in [0.29, 0.717) is 13.1 Å². The zero-order chi connectivity index (χ0) is 25.4. The van der Waals surface area contributed by atoms with Crippen LogP contribution < -0.4 is 9.80 Å². The molecule has 7 heteroatoms. The standard InChI is InChI=1S/C29H37N5O2/c1-20-9-6-10-22-11-7-13-25(26(20)22)34-14-8-12-23-24(19-34)30-21(2)31-27(23)32-15-17-33(18-16-32)28(35)36-29(3,4)5/h6-7,9-11,13H,8,12,14-19H2,1-5H3. The van der Waals surface area contributed by atoms with Gasteiger partial charge in [0.2, 0.25) is 0 Å². The molecule has 0 saturated carbocycles. The summed E-state index contributed by atoms with van der Waals surface area (Å²) in [5.74, 6) is 1.84. The predicted octanol–water partition coefficient (Wildman–Crippen LogP) is 5.26. The second kappa shape index (κ2) is 9.60. The molecule has 2 aromatic carbocycles. The minimum absolute atomic E-state index is 0.235.